The highest BCUT2D eigenvalue weighted by Crippen LogP contribution is 2.40. The Bertz CT molecular complexity index is 689. The van der Waals surface area contributed by atoms with Crippen molar-refractivity contribution in [2.24, 2.45) is 0 Å². The second kappa shape index (κ2) is 5.87. The SMILES string of the molecule is COc1nc(C(=O)O)ccc1-c1ccc(Cl)c(Cl)c1Cl. The standard InChI is InChI=1S/C13H8Cl3NO3/c1-20-12-7(3-5-9(17-12)13(18)19)6-2-4-8(14)11(16)10(6)15/h2-5H,1H3,(H,18,19). The minimum absolute atomic E-state index is 0.123. The molecule has 0 aliphatic rings. The normalized spacial score (nSPS) is 10.4. The van der Waals surface area contributed by atoms with E-state index in [-0.39, 0.29) is 21.6 Å². The maximum atomic E-state index is 10.9. The Morgan fingerprint density at radius 2 is 1.75 bits per heavy atom. The monoisotopic (exact) mass is 331 g/mol. The van der Waals surface area contributed by atoms with Crippen LogP contribution in [-0.2, 0) is 0 Å². The van der Waals surface area contributed by atoms with Gasteiger partial charge in [-0.25, -0.2) is 9.78 Å². The Kier molecular flexibility index (Phi) is 4.38. The molecule has 2 aromatic rings. The Labute approximate surface area is 129 Å². The number of carboxylic acids is 1. The number of ether oxygens (including phenoxy) is 1. The maximum absolute atomic E-state index is 10.9. The zero-order valence-corrected chi connectivity index (χ0v) is 12.4. The molecule has 0 spiro atoms. The van der Waals surface area contributed by atoms with Gasteiger partial charge in [-0.3, -0.25) is 0 Å². The van der Waals surface area contributed by atoms with Crippen LogP contribution in [0.4, 0.5) is 0 Å². The fourth-order valence-corrected chi connectivity index (χ4v) is 2.29. The first-order chi connectivity index (χ1) is 9.45. The highest BCUT2D eigenvalue weighted by atomic mass is 35.5. The van der Waals surface area contributed by atoms with Crippen LogP contribution in [0.25, 0.3) is 11.1 Å². The van der Waals surface area contributed by atoms with E-state index in [0.29, 0.717) is 16.1 Å². The number of nitrogens with zero attached hydrogens (tertiary/aromatic N) is 1. The number of carbonyl (C=O) groups is 1. The second-order valence-corrected chi connectivity index (χ2v) is 4.94. The summed E-state index contributed by atoms with van der Waals surface area (Å²) in [4.78, 5) is 14.8. The molecule has 0 saturated carbocycles. The summed E-state index contributed by atoms with van der Waals surface area (Å²) >= 11 is 18.0. The third-order valence-electron chi connectivity index (χ3n) is 2.60. The van der Waals surface area contributed by atoms with Crippen LogP contribution in [0.5, 0.6) is 5.88 Å². The van der Waals surface area contributed by atoms with Crippen molar-refractivity contribution in [2.45, 2.75) is 0 Å². The number of benzene rings is 1. The van der Waals surface area contributed by atoms with Crippen LogP contribution in [0.1, 0.15) is 10.5 Å². The zero-order valence-electron chi connectivity index (χ0n) is 10.2. The highest BCUT2D eigenvalue weighted by Gasteiger charge is 2.17. The van der Waals surface area contributed by atoms with Gasteiger partial charge in [0.05, 0.1) is 22.2 Å². The molecule has 0 amide bonds. The summed E-state index contributed by atoms with van der Waals surface area (Å²) in [7, 11) is 1.39. The van der Waals surface area contributed by atoms with E-state index in [1.54, 1.807) is 18.2 Å². The highest BCUT2D eigenvalue weighted by molar-refractivity contribution is 6.49. The van der Waals surface area contributed by atoms with Crippen LogP contribution in [0.15, 0.2) is 24.3 Å². The molecule has 4 nitrogen and oxygen atoms in total. The van der Waals surface area contributed by atoms with Gasteiger partial charge in [0.2, 0.25) is 5.88 Å². The molecular formula is C13H8Cl3NO3. The van der Waals surface area contributed by atoms with Crippen LogP contribution in [0.3, 0.4) is 0 Å². The number of pyridine rings is 1. The minimum Gasteiger partial charge on any atom is -0.481 e. The van der Waals surface area contributed by atoms with Crippen molar-refractivity contribution < 1.29 is 14.6 Å². The Morgan fingerprint density at radius 1 is 1.10 bits per heavy atom. The summed E-state index contributed by atoms with van der Waals surface area (Å²) in [5.41, 5.74) is 0.963. The van der Waals surface area contributed by atoms with Gasteiger partial charge in [-0.05, 0) is 18.2 Å². The zero-order chi connectivity index (χ0) is 14.9. The first-order valence-electron chi connectivity index (χ1n) is 5.38. The topological polar surface area (TPSA) is 59.4 Å². The van der Waals surface area contributed by atoms with Crippen LogP contribution >= 0.6 is 34.8 Å². The number of halogens is 3. The van der Waals surface area contributed by atoms with E-state index in [1.807, 2.05) is 0 Å². The summed E-state index contributed by atoms with van der Waals surface area (Å²) in [6.07, 6.45) is 0. The molecular weight excluding hydrogens is 325 g/mol. The molecule has 104 valence electrons. The van der Waals surface area contributed by atoms with Gasteiger partial charge in [-0.15, -0.1) is 0 Å². The van der Waals surface area contributed by atoms with E-state index in [2.05, 4.69) is 4.98 Å². The number of carboxylic acid groups (broad SMARTS) is 1. The average molecular weight is 333 g/mol. The van der Waals surface area contributed by atoms with Gasteiger partial charge in [0.1, 0.15) is 0 Å². The van der Waals surface area contributed by atoms with E-state index >= 15 is 0 Å². The van der Waals surface area contributed by atoms with Crippen molar-refractivity contribution >= 4 is 40.8 Å². The van der Waals surface area contributed by atoms with Crippen molar-refractivity contribution in [1.29, 1.82) is 0 Å². The maximum Gasteiger partial charge on any atom is 0.354 e. The number of hydrogen-bond donors (Lipinski definition) is 1. The quantitative estimate of drug-likeness (QED) is 0.845. The van der Waals surface area contributed by atoms with Gasteiger partial charge in [-0.2, -0.15) is 0 Å². The molecule has 0 radical (unpaired) electrons. The number of aromatic nitrogens is 1. The molecule has 0 atom stereocenters. The van der Waals surface area contributed by atoms with E-state index < -0.39 is 5.97 Å². The molecule has 0 fully saturated rings. The summed E-state index contributed by atoms with van der Waals surface area (Å²) in [5, 5.41) is 9.72. The molecule has 2 rings (SSSR count). The summed E-state index contributed by atoms with van der Waals surface area (Å²) in [6, 6.07) is 6.17. The van der Waals surface area contributed by atoms with Gasteiger partial charge < -0.3 is 9.84 Å². The molecule has 0 saturated heterocycles. The van der Waals surface area contributed by atoms with Gasteiger partial charge >= 0.3 is 5.97 Å². The molecule has 0 aliphatic carbocycles. The number of hydrogen-bond acceptors (Lipinski definition) is 3. The number of methoxy groups -OCH3 is 1. The first-order valence-corrected chi connectivity index (χ1v) is 6.51. The van der Waals surface area contributed by atoms with E-state index in [0.717, 1.165) is 0 Å². The molecule has 7 heteroatoms. The van der Waals surface area contributed by atoms with E-state index in [1.165, 1.54) is 13.2 Å². The predicted molar refractivity (Wildman–Crippen MR) is 78.2 cm³/mol. The van der Waals surface area contributed by atoms with Crippen molar-refractivity contribution in [3.8, 4) is 17.0 Å². The van der Waals surface area contributed by atoms with Crippen molar-refractivity contribution in [3.05, 3.63) is 45.0 Å². The molecule has 0 unspecified atom stereocenters. The van der Waals surface area contributed by atoms with Crippen LogP contribution < -0.4 is 4.74 Å². The van der Waals surface area contributed by atoms with E-state index in [4.69, 9.17) is 44.6 Å². The lowest BCUT2D eigenvalue weighted by atomic mass is 10.1. The van der Waals surface area contributed by atoms with Gasteiger partial charge in [-0.1, -0.05) is 40.9 Å². The van der Waals surface area contributed by atoms with Crippen molar-refractivity contribution in [3.63, 3.8) is 0 Å². The summed E-state index contributed by atoms with van der Waals surface area (Å²) in [6.45, 7) is 0. The van der Waals surface area contributed by atoms with E-state index in [9.17, 15) is 4.79 Å². The van der Waals surface area contributed by atoms with Crippen molar-refractivity contribution in [1.82, 2.24) is 4.98 Å². The molecule has 1 aromatic carbocycles. The number of aromatic carboxylic acids is 1. The van der Waals surface area contributed by atoms with Gasteiger partial charge in [0, 0.05) is 11.1 Å². The third kappa shape index (κ3) is 2.68. The lowest BCUT2D eigenvalue weighted by Crippen LogP contribution is -2.02. The minimum atomic E-state index is -1.14. The summed E-state index contributed by atoms with van der Waals surface area (Å²) < 4.78 is 5.11. The average Bonchev–Trinajstić information content (AvgIpc) is 2.44. The van der Waals surface area contributed by atoms with Gasteiger partial charge in [0.15, 0.2) is 5.69 Å². The smallest absolute Gasteiger partial charge is 0.354 e. The fraction of sp³-hybridized carbons (Fsp3) is 0.0769. The molecule has 0 aliphatic heterocycles. The molecule has 1 N–H and O–H groups in total. The molecule has 0 bridgehead atoms. The lowest BCUT2D eigenvalue weighted by molar-refractivity contribution is 0.0689. The molecule has 1 heterocycles. The largest absolute Gasteiger partial charge is 0.481 e. The summed E-state index contributed by atoms with van der Waals surface area (Å²) in [5.74, 6) is -1.000. The van der Waals surface area contributed by atoms with Gasteiger partial charge in [0.25, 0.3) is 0 Å². The predicted octanol–water partition coefficient (Wildman–Crippen LogP) is 4.42. The third-order valence-corrected chi connectivity index (χ3v) is 3.89. The van der Waals surface area contributed by atoms with Crippen LogP contribution in [-0.4, -0.2) is 23.2 Å². The lowest BCUT2D eigenvalue weighted by Gasteiger charge is -2.11. The Hall–Kier alpha value is -1.49. The number of rotatable bonds is 3. The Morgan fingerprint density at radius 3 is 2.35 bits per heavy atom. The fourth-order valence-electron chi connectivity index (χ4n) is 1.65. The van der Waals surface area contributed by atoms with Crippen LogP contribution in [0.2, 0.25) is 15.1 Å². The first kappa shape index (κ1) is 14.9. The molecule has 20 heavy (non-hydrogen) atoms. The molecule has 1 aromatic heterocycles. The Balaban J connectivity index is 2.64. The van der Waals surface area contributed by atoms with Crippen molar-refractivity contribution in [2.75, 3.05) is 7.11 Å². The van der Waals surface area contributed by atoms with Crippen LogP contribution in [0, 0.1) is 0 Å². The second-order valence-electron chi connectivity index (χ2n) is 3.78.